The summed E-state index contributed by atoms with van der Waals surface area (Å²) >= 11 is 0. The van der Waals surface area contributed by atoms with E-state index in [9.17, 15) is 53.8 Å². The molecule has 0 spiro atoms. The topological polar surface area (TPSA) is 37.3 Å². The number of halogens is 10. The van der Waals surface area contributed by atoms with E-state index in [1.54, 1.807) is 0 Å². The summed E-state index contributed by atoms with van der Waals surface area (Å²) in [7, 11) is 0. The first kappa shape index (κ1) is 24.4. The Morgan fingerprint density at radius 2 is 0.786 bits per heavy atom. The van der Waals surface area contributed by atoms with Gasteiger partial charge in [0.25, 0.3) is 0 Å². The molecule has 28 heavy (non-hydrogen) atoms. The van der Waals surface area contributed by atoms with Crippen LogP contribution >= 0.6 is 0 Å². The van der Waals surface area contributed by atoms with Crippen LogP contribution in [0.25, 0.3) is 5.76 Å². The van der Waals surface area contributed by atoms with Gasteiger partial charge in [-0.1, -0.05) is 0 Å². The average Bonchev–Trinajstić information content (AvgIpc) is 2.61. The SMILES string of the molecule is O=C(/C=C(\O)c1c(F)c(F)c(F)c(F)c1F)c1c(F)c(F)c(F)c(F)c1F.[Ce+4]. The first-order valence-electron chi connectivity index (χ1n) is 6.39. The second-order valence-corrected chi connectivity index (χ2v) is 4.78. The van der Waals surface area contributed by atoms with E-state index in [0.717, 1.165) is 0 Å². The van der Waals surface area contributed by atoms with Gasteiger partial charge in [0.1, 0.15) is 5.76 Å². The molecule has 144 valence electrons. The Balaban J connectivity index is 0.00000392. The zero-order valence-electron chi connectivity index (χ0n) is 12.7. The Morgan fingerprint density at radius 1 is 0.536 bits per heavy atom. The van der Waals surface area contributed by atoms with Crippen molar-refractivity contribution >= 4 is 11.5 Å². The fourth-order valence-electron chi connectivity index (χ4n) is 1.92. The summed E-state index contributed by atoms with van der Waals surface area (Å²) in [5, 5.41) is 9.43. The van der Waals surface area contributed by atoms with Gasteiger partial charge in [0.05, 0.1) is 11.1 Å². The third-order valence-electron chi connectivity index (χ3n) is 3.19. The number of hydrogen-bond donors (Lipinski definition) is 1. The van der Waals surface area contributed by atoms with Crippen LogP contribution in [0.4, 0.5) is 43.9 Å². The van der Waals surface area contributed by atoms with Gasteiger partial charge in [0.2, 0.25) is 11.6 Å². The molecule has 0 bridgehead atoms. The Kier molecular flexibility index (Phi) is 7.64. The number of hydrogen-bond acceptors (Lipinski definition) is 2. The minimum atomic E-state index is -2.62. The molecule has 0 aliphatic rings. The standard InChI is InChI=1S/C15H2F10O2.Ce/c16-6-4(7(17)11(21)14(24)10(6)20)2(26)1-3(27)5-8(18)12(22)15(25)13(23)9(5)19;/h1,26H;/q;+4/b2-1-;. The van der Waals surface area contributed by atoms with Crippen molar-refractivity contribution in [3.8, 4) is 0 Å². The Bertz CT molecular complexity index is 961. The van der Waals surface area contributed by atoms with E-state index < -0.39 is 86.9 Å². The van der Waals surface area contributed by atoms with Crippen molar-refractivity contribution < 1.29 is 95.6 Å². The van der Waals surface area contributed by atoms with Crippen molar-refractivity contribution in [3.63, 3.8) is 0 Å². The molecule has 2 aromatic rings. The number of rotatable bonds is 3. The molecule has 0 amide bonds. The molecule has 0 saturated carbocycles. The van der Waals surface area contributed by atoms with Gasteiger partial charge in [-0.05, 0) is 0 Å². The maximum Gasteiger partial charge on any atom is 4.00 e. The van der Waals surface area contributed by atoms with E-state index >= 15 is 0 Å². The number of allylic oxidation sites excluding steroid dienone is 1. The van der Waals surface area contributed by atoms with Gasteiger partial charge in [-0.25, -0.2) is 43.9 Å². The average molecular weight is 544 g/mol. The van der Waals surface area contributed by atoms with Crippen LogP contribution in [0, 0.1) is 99.9 Å². The molecule has 0 unspecified atom stereocenters. The molecule has 0 aromatic heterocycles. The number of aliphatic hydroxyl groups is 1. The molecular formula is C15H2CeF10O2+4. The van der Waals surface area contributed by atoms with Crippen molar-refractivity contribution in [2.45, 2.75) is 0 Å². The second-order valence-electron chi connectivity index (χ2n) is 4.78. The Hall–Kier alpha value is -1.67. The minimum Gasteiger partial charge on any atom is -0.507 e. The Morgan fingerprint density at radius 3 is 1.11 bits per heavy atom. The molecule has 0 saturated heterocycles. The molecule has 1 N–H and O–H groups in total. The van der Waals surface area contributed by atoms with Gasteiger partial charge in [-0.15, -0.1) is 0 Å². The summed E-state index contributed by atoms with van der Waals surface area (Å²) in [5.41, 5.74) is -4.18. The van der Waals surface area contributed by atoms with Gasteiger partial charge >= 0.3 is 41.7 Å². The van der Waals surface area contributed by atoms with Crippen LogP contribution in [0.1, 0.15) is 15.9 Å². The van der Waals surface area contributed by atoms with E-state index in [1.165, 1.54) is 0 Å². The number of carbonyl (C=O) groups excluding carboxylic acids is 1. The number of ketones is 1. The normalized spacial score (nSPS) is 11.4. The quantitative estimate of drug-likeness (QED) is 0.150. The summed E-state index contributed by atoms with van der Waals surface area (Å²) < 4.78 is 132. The van der Waals surface area contributed by atoms with Crippen LogP contribution in [0.3, 0.4) is 0 Å². The third kappa shape index (κ3) is 3.89. The van der Waals surface area contributed by atoms with Gasteiger partial charge in [-0.3, -0.25) is 4.79 Å². The smallest absolute Gasteiger partial charge is 0.507 e. The summed E-state index contributed by atoms with van der Waals surface area (Å²) in [4.78, 5) is 11.7. The van der Waals surface area contributed by atoms with E-state index in [-0.39, 0.29) is 41.7 Å². The van der Waals surface area contributed by atoms with Crippen LogP contribution in [-0.2, 0) is 0 Å². The first-order valence-corrected chi connectivity index (χ1v) is 6.39. The van der Waals surface area contributed by atoms with E-state index in [0.29, 0.717) is 0 Å². The maximum atomic E-state index is 13.5. The molecule has 0 heterocycles. The van der Waals surface area contributed by atoms with Crippen molar-refractivity contribution in [3.05, 3.63) is 75.4 Å². The fourth-order valence-corrected chi connectivity index (χ4v) is 1.92. The van der Waals surface area contributed by atoms with Crippen LogP contribution in [0.5, 0.6) is 0 Å². The minimum absolute atomic E-state index is 0. The first-order chi connectivity index (χ1) is 12.4. The molecule has 0 aliphatic heterocycles. The summed E-state index contributed by atoms with van der Waals surface area (Å²) in [6, 6.07) is 0. The molecule has 0 atom stereocenters. The van der Waals surface area contributed by atoms with Gasteiger partial charge in [-0.2, -0.15) is 0 Å². The summed E-state index contributed by atoms with van der Waals surface area (Å²) in [5.74, 6) is -30.1. The van der Waals surface area contributed by atoms with Crippen molar-refractivity contribution in [1.82, 2.24) is 0 Å². The monoisotopic (exact) mass is 544 g/mol. The molecule has 2 rings (SSSR count). The van der Waals surface area contributed by atoms with Crippen LogP contribution in [0.15, 0.2) is 6.08 Å². The number of aliphatic hydroxyl groups excluding tert-OH is 1. The van der Waals surface area contributed by atoms with E-state index in [4.69, 9.17) is 0 Å². The zero-order valence-corrected chi connectivity index (χ0v) is 15.9. The summed E-state index contributed by atoms with van der Waals surface area (Å²) in [6.45, 7) is 0. The summed E-state index contributed by atoms with van der Waals surface area (Å²) in [6.07, 6.45) is -0.476. The fraction of sp³-hybridized carbons (Fsp3) is 0. The molecular weight excluding hydrogens is 542 g/mol. The number of carbonyl (C=O) groups is 1. The largest absolute Gasteiger partial charge is 4.00 e. The molecule has 2 aromatic carbocycles. The van der Waals surface area contributed by atoms with E-state index in [1.807, 2.05) is 0 Å². The van der Waals surface area contributed by atoms with Gasteiger partial charge in [0, 0.05) is 6.08 Å². The van der Waals surface area contributed by atoms with Crippen molar-refractivity contribution in [1.29, 1.82) is 0 Å². The van der Waals surface area contributed by atoms with Gasteiger partial charge in [0.15, 0.2) is 52.3 Å². The van der Waals surface area contributed by atoms with Crippen LogP contribution in [0.2, 0.25) is 0 Å². The zero-order chi connectivity index (χ0) is 20.8. The second kappa shape index (κ2) is 8.78. The molecule has 0 fully saturated rings. The molecule has 2 nitrogen and oxygen atoms in total. The molecule has 13 heteroatoms. The van der Waals surface area contributed by atoms with Crippen LogP contribution in [-0.4, -0.2) is 10.9 Å². The number of benzene rings is 2. The van der Waals surface area contributed by atoms with Crippen LogP contribution < -0.4 is 0 Å². The predicted octanol–water partition coefficient (Wildman–Crippen LogP) is 4.86. The Labute approximate surface area is 181 Å². The van der Waals surface area contributed by atoms with E-state index in [2.05, 4.69) is 0 Å². The van der Waals surface area contributed by atoms with Crippen molar-refractivity contribution in [2.24, 2.45) is 0 Å². The molecule has 0 aliphatic carbocycles. The van der Waals surface area contributed by atoms with Crippen molar-refractivity contribution in [2.75, 3.05) is 0 Å². The maximum absolute atomic E-state index is 13.5. The van der Waals surface area contributed by atoms with Gasteiger partial charge < -0.3 is 5.11 Å². The third-order valence-corrected chi connectivity index (χ3v) is 3.19. The molecule has 0 radical (unpaired) electrons. The predicted molar refractivity (Wildman–Crippen MR) is 67.4 cm³/mol.